The normalized spacial score (nSPS) is 13.6. The first kappa shape index (κ1) is 15.9. The number of aryl methyl sites for hydroxylation is 1. The predicted octanol–water partition coefficient (Wildman–Crippen LogP) is 3.86. The molecule has 0 radical (unpaired) electrons. The average molecular weight is 326 g/mol. The number of hydrogen-bond acceptors (Lipinski definition) is 3. The summed E-state index contributed by atoms with van der Waals surface area (Å²) < 4.78 is 0. The number of thioether (sulfide) groups is 1. The first-order valence-corrected chi connectivity index (χ1v) is 9.01. The molecule has 23 heavy (non-hydrogen) atoms. The smallest absolute Gasteiger partial charge is 0.251 e. The molecular formula is C19H22N2OS. The highest BCUT2D eigenvalue weighted by Gasteiger charge is 2.18. The number of amides is 1. The lowest BCUT2D eigenvalue weighted by atomic mass is 10.1. The van der Waals surface area contributed by atoms with Gasteiger partial charge in [-0.2, -0.15) is 0 Å². The van der Waals surface area contributed by atoms with Crippen LogP contribution in [0.1, 0.15) is 28.4 Å². The lowest BCUT2D eigenvalue weighted by molar-refractivity contribution is 0.0951. The van der Waals surface area contributed by atoms with E-state index in [0.29, 0.717) is 6.54 Å². The van der Waals surface area contributed by atoms with Gasteiger partial charge >= 0.3 is 0 Å². The zero-order chi connectivity index (χ0) is 16.2. The zero-order valence-electron chi connectivity index (χ0n) is 13.6. The van der Waals surface area contributed by atoms with Crippen molar-refractivity contribution in [3.05, 3.63) is 59.2 Å². The fourth-order valence-corrected chi connectivity index (χ4v) is 3.76. The van der Waals surface area contributed by atoms with Gasteiger partial charge in [-0.1, -0.05) is 29.8 Å². The maximum Gasteiger partial charge on any atom is 0.251 e. The lowest BCUT2D eigenvalue weighted by Crippen LogP contribution is -2.29. The van der Waals surface area contributed by atoms with Crippen LogP contribution in [0.25, 0.3) is 0 Å². The molecule has 120 valence electrons. The summed E-state index contributed by atoms with van der Waals surface area (Å²) in [4.78, 5) is 16.0. The SMILES string of the molecule is CCN1CCSc2ccc(C(=O)NCc3ccc(C)cc3)cc21. The van der Waals surface area contributed by atoms with E-state index in [9.17, 15) is 4.79 Å². The third-order valence-corrected chi connectivity index (χ3v) is 5.18. The van der Waals surface area contributed by atoms with Gasteiger partial charge < -0.3 is 10.2 Å². The Kier molecular flexibility index (Phi) is 4.91. The van der Waals surface area contributed by atoms with E-state index >= 15 is 0 Å². The fourth-order valence-electron chi connectivity index (χ4n) is 2.73. The molecule has 3 nitrogen and oxygen atoms in total. The lowest BCUT2D eigenvalue weighted by Gasteiger charge is -2.30. The van der Waals surface area contributed by atoms with E-state index in [0.717, 1.165) is 30.0 Å². The van der Waals surface area contributed by atoms with E-state index < -0.39 is 0 Å². The van der Waals surface area contributed by atoms with Crippen LogP contribution >= 0.6 is 11.8 Å². The molecule has 0 fully saturated rings. The third kappa shape index (κ3) is 3.70. The van der Waals surface area contributed by atoms with Crippen LogP contribution in [-0.4, -0.2) is 24.7 Å². The van der Waals surface area contributed by atoms with Crippen molar-refractivity contribution in [2.24, 2.45) is 0 Å². The van der Waals surface area contributed by atoms with Crippen LogP contribution in [0.3, 0.4) is 0 Å². The number of benzene rings is 2. The summed E-state index contributed by atoms with van der Waals surface area (Å²) in [6.07, 6.45) is 0. The van der Waals surface area contributed by atoms with E-state index in [1.165, 1.54) is 16.1 Å². The Morgan fingerprint density at radius 3 is 2.74 bits per heavy atom. The minimum atomic E-state index is -0.0139. The summed E-state index contributed by atoms with van der Waals surface area (Å²) in [6, 6.07) is 14.3. The van der Waals surface area contributed by atoms with E-state index in [1.54, 1.807) is 0 Å². The fraction of sp³-hybridized carbons (Fsp3) is 0.316. The van der Waals surface area contributed by atoms with Gasteiger partial charge in [0.2, 0.25) is 0 Å². The van der Waals surface area contributed by atoms with Crippen molar-refractivity contribution in [1.29, 1.82) is 0 Å². The number of carbonyl (C=O) groups excluding carboxylic acids is 1. The van der Waals surface area contributed by atoms with Gasteiger partial charge in [-0.05, 0) is 37.6 Å². The van der Waals surface area contributed by atoms with Crippen molar-refractivity contribution in [2.75, 3.05) is 23.7 Å². The number of carbonyl (C=O) groups is 1. The second-order valence-electron chi connectivity index (χ2n) is 5.78. The Labute approximate surface area is 142 Å². The van der Waals surface area contributed by atoms with Crippen molar-refractivity contribution >= 4 is 23.4 Å². The van der Waals surface area contributed by atoms with Crippen molar-refractivity contribution in [1.82, 2.24) is 5.32 Å². The van der Waals surface area contributed by atoms with Crippen LogP contribution < -0.4 is 10.2 Å². The molecule has 0 aliphatic carbocycles. The molecule has 0 atom stereocenters. The van der Waals surface area contributed by atoms with Gasteiger partial charge in [0, 0.05) is 35.8 Å². The summed E-state index contributed by atoms with van der Waals surface area (Å²) in [6.45, 7) is 6.80. The first-order chi connectivity index (χ1) is 11.2. The molecule has 0 saturated heterocycles. The number of anilines is 1. The maximum atomic E-state index is 12.4. The predicted molar refractivity (Wildman–Crippen MR) is 97.4 cm³/mol. The molecule has 1 aliphatic rings. The summed E-state index contributed by atoms with van der Waals surface area (Å²) >= 11 is 1.87. The first-order valence-electron chi connectivity index (χ1n) is 8.03. The Morgan fingerprint density at radius 2 is 2.00 bits per heavy atom. The Bertz CT molecular complexity index is 697. The van der Waals surface area contributed by atoms with E-state index in [2.05, 4.69) is 54.4 Å². The van der Waals surface area contributed by atoms with Gasteiger partial charge in [-0.3, -0.25) is 4.79 Å². The van der Waals surface area contributed by atoms with Gasteiger partial charge in [-0.15, -0.1) is 11.8 Å². The number of fused-ring (bicyclic) bond motifs is 1. The van der Waals surface area contributed by atoms with Crippen LogP contribution in [-0.2, 0) is 6.54 Å². The van der Waals surface area contributed by atoms with Crippen LogP contribution in [0.5, 0.6) is 0 Å². The minimum absolute atomic E-state index is 0.0139. The third-order valence-electron chi connectivity index (χ3n) is 4.14. The minimum Gasteiger partial charge on any atom is -0.370 e. The topological polar surface area (TPSA) is 32.3 Å². The number of nitrogens with zero attached hydrogens (tertiary/aromatic N) is 1. The standard InChI is InChI=1S/C19H22N2OS/c1-3-21-10-11-23-18-9-8-16(12-17(18)21)19(22)20-13-15-6-4-14(2)5-7-15/h4-9,12H,3,10-11,13H2,1-2H3,(H,20,22). The molecule has 2 aromatic rings. The van der Waals surface area contributed by atoms with E-state index in [1.807, 2.05) is 23.9 Å². The highest BCUT2D eigenvalue weighted by molar-refractivity contribution is 7.99. The average Bonchev–Trinajstić information content (AvgIpc) is 2.60. The Balaban J connectivity index is 1.71. The summed E-state index contributed by atoms with van der Waals surface area (Å²) in [5.74, 6) is 1.10. The van der Waals surface area contributed by atoms with Gasteiger partial charge in [0.15, 0.2) is 0 Å². The molecule has 0 unspecified atom stereocenters. The van der Waals surface area contributed by atoms with Crippen molar-refractivity contribution in [3.8, 4) is 0 Å². The number of nitrogens with one attached hydrogen (secondary N) is 1. The van der Waals surface area contributed by atoms with Crippen LogP contribution in [0.15, 0.2) is 47.4 Å². The molecule has 4 heteroatoms. The van der Waals surface area contributed by atoms with Crippen LogP contribution in [0.4, 0.5) is 5.69 Å². The molecule has 3 rings (SSSR count). The van der Waals surface area contributed by atoms with Gasteiger partial charge in [0.1, 0.15) is 0 Å². The molecule has 0 bridgehead atoms. The molecule has 1 heterocycles. The molecule has 2 aromatic carbocycles. The van der Waals surface area contributed by atoms with Gasteiger partial charge in [-0.25, -0.2) is 0 Å². The van der Waals surface area contributed by atoms with Crippen LogP contribution in [0, 0.1) is 6.92 Å². The highest BCUT2D eigenvalue weighted by Crippen LogP contribution is 2.35. The van der Waals surface area contributed by atoms with Crippen molar-refractivity contribution < 1.29 is 4.79 Å². The maximum absolute atomic E-state index is 12.4. The molecule has 1 N–H and O–H groups in total. The van der Waals surface area contributed by atoms with Crippen molar-refractivity contribution in [2.45, 2.75) is 25.3 Å². The Hall–Kier alpha value is -1.94. The van der Waals surface area contributed by atoms with E-state index in [4.69, 9.17) is 0 Å². The van der Waals surface area contributed by atoms with Crippen LogP contribution in [0.2, 0.25) is 0 Å². The van der Waals surface area contributed by atoms with Crippen molar-refractivity contribution in [3.63, 3.8) is 0 Å². The quantitative estimate of drug-likeness (QED) is 0.926. The summed E-state index contributed by atoms with van der Waals surface area (Å²) in [5.41, 5.74) is 4.27. The molecular weight excluding hydrogens is 304 g/mol. The second-order valence-corrected chi connectivity index (χ2v) is 6.92. The Morgan fingerprint density at radius 1 is 1.22 bits per heavy atom. The largest absolute Gasteiger partial charge is 0.370 e. The summed E-state index contributed by atoms with van der Waals surface area (Å²) in [7, 11) is 0. The van der Waals surface area contributed by atoms with Gasteiger partial charge in [0.05, 0.1) is 5.69 Å². The van der Waals surface area contributed by atoms with Gasteiger partial charge in [0.25, 0.3) is 5.91 Å². The summed E-state index contributed by atoms with van der Waals surface area (Å²) in [5, 5.41) is 3.01. The highest BCUT2D eigenvalue weighted by atomic mass is 32.2. The molecule has 0 spiro atoms. The molecule has 0 saturated carbocycles. The monoisotopic (exact) mass is 326 g/mol. The number of rotatable bonds is 4. The number of hydrogen-bond donors (Lipinski definition) is 1. The second kappa shape index (κ2) is 7.09. The zero-order valence-corrected chi connectivity index (χ0v) is 14.5. The molecule has 1 aliphatic heterocycles. The van der Waals surface area contributed by atoms with E-state index in [-0.39, 0.29) is 5.91 Å². The molecule has 0 aromatic heterocycles. The molecule has 1 amide bonds.